The minimum Gasteiger partial charge on any atom is -0.383 e. The Hall–Kier alpha value is -2.68. The summed E-state index contributed by atoms with van der Waals surface area (Å²) < 4.78 is 0. The summed E-state index contributed by atoms with van der Waals surface area (Å²) in [5, 5.41) is 23.2. The van der Waals surface area contributed by atoms with Crippen molar-refractivity contribution in [2.24, 2.45) is 0 Å². The molecule has 0 aliphatic heterocycles. The van der Waals surface area contributed by atoms with Crippen LogP contribution in [0.1, 0.15) is 19.3 Å². The SMILES string of the molecule is N#CCCCCNc1ccc([N+](=O)[O-])c2cccnc12. The van der Waals surface area contributed by atoms with Gasteiger partial charge in [0, 0.05) is 25.2 Å². The van der Waals surface area contributed by atoms with Crippen molar-refractivity contribution >= 4 is 22.3 Å². The molecule has 0 bridgehead atoms. The number of nitrogens with one attached hydrogen (secondary N) is 1. The molecular formula is C14H14N4O2. The molecular weight excluding hydrogens is 256 g/mol. The molecule has 1 aromatic carbocycles. The molecule has 0 saturated heterocycles. The zero-order valence-corrected chi connectivity index (χ0v) is 10.9. The second kappa shape index (κ2) is 6.48. The maximum Gasteiger partial charge on any atom is 0.278 e. The molecule has 0 aliphatic carbocycles. The lowest BCUT2D eigenvalue weighted by Crippen LogP contribution is -2.03. The van der Waals surface area contributed by atoms with E-state index >= 15 is 0 Å². The first-order valence-corrected chi connectivity index (χ1v) is 6.37. The summed E-state index contributed by atoms with van der Waals surface area (Å²) >= 11 is 0. The van der Waals surface area contributed by atoms with Gasteiger partial charge in [-0.05, 0) is 31.0 Å². The van der Waals surface area contributed by atoms with Crippen LogP contribution in [-0.2, 0) is 0 Å². The number of aromatic nitrogens is 1. The van der Waals surface area contributed by atoms with Crippen LogP contribution in [0.2, 0.25) is 0 Å². The summed E-state index contributed by atoms with van der Waals surface area (Å²) in [6.45, 7) is 0.713. The average molecular weight is 270 g/mol. The molecule has 0 aliphatic rings. The maximum atomic E-state index is 11.0. The van der Waals surface area contributed by atoms with Gasteiger partial charge in [-0.25, -0.2) is 0 Å². The van der Waals surface area contributed by atoms with Crippen molar-refractivity contribution in [3.63, 3.8) is 0 Å². The summed E-state index contributed by atoms with van der Waals surface area (Å²) in [6, 6.07) is 8.65. The van der Waals surface area contributed by atoms with E-state index in [0.29, 0.717) is 23.9 Å². The summed E-state index contributed by atoms with van der Waals surface area (Å²) in [7, 11) is 0. The van der Waals surface area contributed by atoms with Gasteiger partial charge >= 0.3 is 0 Å². The molecule has 2 aromatic rings. The van der Waals surface area contributed by atoms with E-state index in [1.54, 1.807) is 24.4 Å². The molecule has 0 spiro atoms. The van der Waals surface area contributed by atoms with Gasteiger partial charge in [-0.1, -0.05) is 0 Å². The Morgan fingerprint density at radius 3 is 2.95 bits per heavy atom. The van der Waals surface area contributed by atoms with Gasteiger partial charge in [-0.3, -0.25) is 15.1 Å². The molecule has 102 valence electrons. The maximum absolute atomic E-state index is 11.0. The van der Waals surface area contributed by atoms with E-state index in [4.69, 9.17) is 5.26 Å². The van der Waals surface area contributed by atoms with Crippen LogP contribution < -0.4 is 5.32 Å². The van der Waals surface area contributed by atoms with E-state index in [0.717, 1.165) is 18.5 Å². The van der Waals surface area contributed by atoms with E-state index in [-0.39, 0.29) is 5.69 Å². The van der Waals surface area contributed by atoms with Crippen LogP contribution in [0.3, 0.4) is 0 Å². The van der Waals surface area contributed by atoms with Gasteiger partial charge in [0.15, 0.2) is 0 Å². The number of hydrogen-bond acceptors (Lipinski definition) is 5. The molecule has 1 heterocycles. The standard InChI is InChI=1S/C14H14N4O2/c15-8-2-1-3-9-16-12-6-7-13(18(19)20)11-5-4-10-17-14(11)12/h4-7,10,16H,1-3,9H2. The molecule has 20 heavy (non-hydrogen) atoms. The molecule has 0 saturated carbocycles. The fourth-order valence-electron chi connectivity index (χ4n) is 2.01. The highest BCUT2D eigenvalue weighted by atomic mass is 16.6. The lowest BCUT2D eigenvalue weighted by atomic mass is 10.1. The number of hydrogen-bond donors (Lipinski definition) is 1. The normalized spacial score (nSPS) is 10.2. The summed E-state index contributed by atoms with van der Waals surface area (Å²) in [6.07, 6.45) is 3.87. The molecule has 0 radical (unpaired) electrons. The predicted octanol–water partition coefficient (Wildman–Crippen LogP) is 3.25. The van der Waals surface area contributed by atoms with Gasteiger partial charge in [-0.15, -0.1) is 0 Å². The van der Waals surface area contributed by atoms with Crippen molar-refractivity contribution < 1.29 is 4.92 Å². The van der Waals surface area contributed by atoms with E-state index in [2.05, 4.69) is 16.4 Å². The van der Waals surface area contributed by atoms with Crippen LogP contribution in [0.5, 0.6) is 0 Å². The van der Waals surface area contributed by atoms with Crippen LogP contribution in [0.4, 0.5) is 11.4 Å². The number of nitro benzene ring substituents is 1. The Labute approximate surface area is 116 Å². The van der Waals surface area contributed by atoms with Crippen LogP contribution in [0, 0.1) is 21.4 Å². The van der Waals surface area contributed by atoms with Crippen molar-refractivity contribution in [2.75, 3.05) is 11.9 Å². The molecule has 6 nitrogen and oxygen atoms in total. The number of nitrogens with zero attached hydrogens (tertiary/aromatic N) is 3. The average Bonchev–Trinajstić information content (AvgIpc) is 2.46. The Balaban J connectivity index is 2.21. The topological polar surface area (TPSA) is 91.8 Å². The zero-order valence-electron chi connectivity index (χ0n) is 10.9. The molecule has 6 heteroatoms. The van der Waals surface area contributed by atoms with Crippen molar-refractivity contribution in [2.45, 2.75) is 19.3 Å². The van der Waals surface area contributed by atoms with Crippen LogP contribution in [0.25, 0.3) is 10.9 Å². The number of unbranched alkanes of at least 4 members (excludes halogenated alkanes) is 2. The third-order valence-corrected chi connectivity index (χ3v) is 2.97. The van der Waals surface area contributed by atoms with Crippen molar-refractivity contribution in [3.05, 3.63) is 40.6 Å². The fraction of sp³-hybridized carbons (Fsp3) is 0.286. The summed E-state index contributed by atoms with van der Waals surface area (Å²) in [4.78, 5) is 14.8. The number of pyridine rings is 1. The first-order valence-electron chi connectivity index (χ1n) is 6.37. The van der Waals surface area contributed by atoms with Gasteiger partial charge in [0.05, 0.1) is 22.1 Å². The monoisotopic (exact) mass is 270 g/mol. The molecule has 1 N–H and O–H groups in total. The smallest absolute Gasteiger partial charge is 0.278 e. The van der Waals surface area contributed by atoms with Crippen LogP contribution in [0.15, 0.2) is 30.5 Å². The number of nitriles is 1. The lowest BCUT2D eigenvalue weighted by molar-refractivity contribution is -0.383. The Kier molecular flexibility index (Phi) is 4.45. The second-order valence-electron chi connectivity index (χ2n) is 4.33. The number of anilines is 1. The highest BCUT2D eigenvalue weighted by molar-refractivity contribution is 5.96. The lowest BCUT2D eigenvalue weighted by Gasteiger charge is -2.08. The van der Waals surface area contributed by atoms with Gasteiger partial charge in [0.1, 0.15) is 5.52 Å². The van der Waals surface area contributed by atoms with Crippen molar-refractivity contribution in [1.82, 2.24) is 4.98 Å². The highest BCUT2D eigenvalue weighted by Gasteiger charge is 2.14. The summed E-state index contributed by atoms with van der Waals surface area (Å²) in [5.41, 5.74) is 1.44. The van der Waals surface area contributed by atoms with Gasteiger partial charge < -0.3 is 5.32 Å². The van der Waals surface area contributed by atoms with Crippen molar-refractivity contribution in [1.29, 1.82) is 5.26 Å². The molecule has 2 rings (SSSR count). The first-order chi connectivity index (χ1) is 9.74. The molecule has 0 atom stereocenters. The van der Waals surface area contributed by atoms with Crippen molar-refractivity contribution in [3.8, 4) is 6.07 Å². The zero-order chi connectivity index (χ0) is 14.4. The predicted molar refractivity (Wildman–Crippen MR) is 76.4 cm³/mol. The highest BCUT2D eigenvalue weighted by Crippen LogP contribution is 2.29. The van der Waals surface area contributed by atoms with E-state index in [9.17, 15) is 10.1 Å². The summed E-state index contributed by atoms with van der Waals surface area (Å²) in [5.74, 6) is 0. The minimum absolute atomic E-state index is 0.0585. The number of benzene rings is 1. The first kappa shape index (κ1) is 13.7. The minimum atomic E-state index is -0.402. The molecule has 1 aromatic heterocycles. The quantitative estimate of drug-likeness (QED) is 0.494. The van der Waals surface area contributed by atoms with Gasteiger partial charge in [-0.2, -0.15) is 5.26 Å². The van der Waals surface area contributed by atoms with E-state index in [1.165, 1.54) is 6.07 Å². The second-order valence-corrected chi connectivity index (χ2v) is 4.33. The van der Waals surface area contributed by atoms with E-state index in [1.807, 2.05) is 0 Å². The number of nitro groups is 1. The fourth-order valence-corrected chi connectivity index (χ4v) is 2.01. The van der Waals surface area contributed by atoms with Crippen LogP contribution >= 0.6 is 0 Å². The molecule has 0 unspecified atom stereocenters. The van der Waals surface area contributed by atoms with Gasteiger partial charge in [0.2, 0.25) is 0 Å². The third-order valence-electron chi connectivity index (χ3n) is 2.97. The Bertz CT molecular complexity index is 664. The number of fused-ring (bicyclic) bond motifs is 1. The van der Waals surface area contributed by atoms with Gasteiger partial charge in [0.25, 0.3) is 5.69 Å². The molecule has 0 fully saturated rings. The largest absolute Gasteiger partial charge is 0.383 e. The molecule has 0 amide bonds. The Morgan fingerprint density at radius 2 is 2.20 bits per heavy atom. The Morgan fingerprint density at radius 1 is 1.35 bits per heavy atom. The third kappa shape index (κ3) is 3.01. The van der Waals surface area contributed by atoms with Crippen LogP contribution in [-0.4, -0.2) is 16.5 Å². The van der Waals surface area contributed by atoms with E-state index < -0.39 is 4.92 Å². The number of rotatable bonds is 6. The number of non-ortho nitro benzene ring substituents is 1.